The summed E-state index contributed by atoms with van der Waals surface area (Å²) in [4.78, 5) is 4.62. The molecule has 0 aliphatic heterocycles. The molecule has 0 aliphatic rings. The minimum Gasteiger partial charge on any atom is -0.395 e. The number of nitrogens with one attached hydrogen (secondary N) is 1. The number of aromatic nitrogens is 2. The van der Waals surface area contributed by atoms with Crippen molar-refractivity contribution in [2.24, 2.45) is 0 Å². The molecule has 98 valence electrons. The predicted octanol–water partition coefficient (Wildman–Crippen LogP) is 2.55. The van der Waals surface area contributed by atoms with Gasteiger partial charge in [-0.1, -0.05) is 6.07 Å². The van der Waals surface area contributed by atoms with Gasteiger partial charge in [-0.3, -0.25) is 0 Å². The van der Waals surface area contributed by atoms with E-state index in [1.807, 2.05) is 4.57 Å². The van der Waals surface area contributed by atoms with Crippen molar-refractivity contribution in [3.63, 3.8) is 0 Å². The molecule has 2 rings (SSSR count). The van der Waals surface area contributed by atoms with Gasteiger partial charge in [0.15, 0.2) is 0 Å². The van der Waals surface area contributed by atoms with E-state index in [4.69, 9.17) is 0 Å². The van der Waals surface area contributed by atoms with Gasteiger partial charge in [0.25, 0.3) is 0 Å². The Bertz CT molecular complexity index is 552. The number of benzene rings is 1. The van der Waals surface area contributed by atoms with Crippen LogP contribution < -0.4 is 5.32 Å². The van der Waals surface area contributed by atoms with Crippen LogP contribution in [0.3, 0.4) is 0 Å². The molecule has 0 saturated heterocycles. The minimum absolute atomic E-state index is 0.0520. The zero-order valence-electron chi connectivity index (χ0n) is 11.5. The molecule has 0 unspecified atom stereocenters. The average molecular weight is 247 g/mol. The molecule has 0 aliphatic carbocycles. The monoisotopic (exact) mass is 247 g/mol. The van der Waals surface area contributed by atoms with Crippen molar-refractivity contribution in [3.8, 4) is 0 Å². The van der Waals surface area contributed by atoms with E-state index in [0.29, 0.717) is 6.54 Å². The van der Waals surface area contributed by atoms with Gasteiger partial charge in [0.1, 0.15) is 0 Å². The maximum Gasteiger partial charge on any atom is 0.204 e. The van der Waals surface area contributed by atoms with Gasteiger partial charge in [0.05, 0.1) is 17.6 Å². The van der Waals surface area contributed by atoms with Crippen molar-refractivity contribution < 1.29 is 5.11 Å². The summed E-state index contributed by atoms with van der Waals surface area (Å²) in [5.74, 6) is 0.817. The Morgan fingerprint density at radius 3 is 2.67 bits per heavy atom. The highest BCUT2D eigenvalue weighted by Crippen LogP contribution is 2.23. The summed E-state index contributed by atoms with van der Waals surface area (Å²) >= 11 is 0. The Balaban J connectivity index is 2.53. The van der Waals surface area contributed by atoms with Crippen LogP contribution in [-0.2, 0) is 6.54 Å². The predicted molar refractivity (Wildman–Crippen MR) is 74.9 cm³/mol. The van der Waals surface area contributed by atoms with Crippen LogP contribution >= 0.6 is 0 Å². The fourth-order valence-corrected chi connectivity index (χ4v) is 2.00. The first-order chi connectivity index (χ1) is 8.40. The maximum absolute atomic E-state index is 9.20. The topological polar surface area (TPSA) is 50.1 Å². The zero-order chi connectivity index (χ0) is 13.3. The number of nitrogens with zero attached hydrogens (tertiary/aromatic N) is 2. The number of aliphatic hydroxyl groups is 1. The third-order valence-electron chi connectivity index (χ3n) is 2.71. The van der Waals surface area contributed by atoms with Crippen LogP contribution in [0.4, 0.5) is 5.95 Å². The van der Waals surface area contributed by atoms with E-state index < -0.39 is 0 Å². The molecule has 1 aromatic heterocycles. The Hall–Kier alpha value is -1.55. The van der Waals surface area contributed by atoms with Crippen molar-refractivity contribution in [1.29, 1.82) is 0 Å². The number of anilines is 1. The second-order valence-electron chi connectivity index (χ2n) is 5.68. The lowest BCUT2D eigenvalue weighted by atomic mass is 10.1. The van der Waals surface area contributed by atoms with E-state index in [2.05, 4.69) is 56.2 Å². The number of hydrogen-bond donors (Lipinski definition) is 2. The van der Waals surface area contributed by atoms with E-state index in [1.54, 1.807) is 0 Å². The second-order valence-corrected chi connectivity index (χ2v) is 5.68. The number of fused-ring (bicyclic) bond motifs is 1. The summed E-state index contributed by atoms with van der Waals surface area (Å²) in [6.45, 7) is 9.01. The number of hydrogen-bond acceptors (Lipinski definition) is 3. The first-order valence-corrected chi connectivity index (χ1v) is 6.26. The lowest BCUT2D eigenvalue weighted by molar-refractivity contribution is 0.278. The number of imidazole rings is 1. The standard InChI is InChI=1S/C14H21N3O/c1-10-5-6-12-11(9-10)15-13(16-14(2,3)4)17(12)7-8-18/h5-6,9,18H,7-8H2,1-4H3,(H,15,16). The first-order valence-electron chi connectivity index (χ1n) is 6.26. The third-order valence-corrected chi connectivity index (χ3v) is 2.71. The molecular weight excluding hydrogens is 226 g/mol. The van der Waals surface area contributed by atoms with Crippen LogP contribution in [0.2, 0.25) is 0 Å². The molecule has 0 saturated carbocycles. The van der Waals surface area contributed by atoms with Gasteiger partial charge >= 0.3 is 0 Å². The van der Waals surface area contributed by atoms with Gasteiger partial charge in [-0.15, -0.1) is 0 Å². The van der Waals surface area contributed by atoms with E-state index in [9.17, 15) is 5.11 Å². The fraction of sp³-hybridized carbons (Fsp3) is 0.500. The van der Waals surface area contributed by atoms with Crippen LogP contribution in [0.1, 0.15) is 26.3 Å². The molecular formula is C14H21N3O. The number of aryl methyl sites for hydroxylation is 1. The summed E-state index contributed by atoms with van der Waals surface area (Å²) in [5, 5.41) is 12.6. The average Bonchev–Trinajstić information content (AvgIpc) is 2.54. The lowest BCUT2D eigenvalue weighted by Gasteiger charge is -2.22. The van der Waals surface area contributed by atoms with E-state index in [1.165, 1.54) is 5.56 Å². The molecule has 0 amide bonds. The zero-order valence-corrected chi connectivity index (χ0v) is 11.5. The molecule has 1 heterocycles. The van der Waals surface area contributed by atoms with Gasteiger partial charge in [0, 0.05) is 12.1 Å². The summed E-state index contributed by atoms with van der Waals surface area (Å²) in [5.41, 5.74) is 3.17. The van der Waals surface area contributed by atoms with Crippen molar-refractivity contribution in [3.05, 3.63) is 23.8 Å². The second kappa shape index (κ2) is 4.61. The number of aliphatic hydroxyl groups excluding tert-OH is 1. The van der Waals surface area contributed by atoms with Crippen LogP contribution in [0, 0.1) is 6.92 Å². The molecule has 2 N–H and O–H groups in total. The summed E-state index contributed by atoms with van der Waals surface area (Å²) < 4.78 is 2.03. The largest absolute Gasteiger partial charge is 0.395 e. The smallest absolute Gasteiger partial charge is 0.204 e. The molecule has 0 bridgehead atoms. The van der Waals surface area contributed by atoms with E-state index in [0.717, 1.165) is 17.0 Å². The quantitative estimate of drug-likeness (QED) is 0.876. The Morgan fingerprint density at radius 2 is 2.06 bits per heavy atom. The molecule has 0 atom stereocenters. The molecule has 4 nitrogen and oxygen atoms in total. The summed E-state index contributed by atoms with van der Waals surface area (Å²) in [7, 11) is 0. The Morgan fingerprint density at radius 1 is 1.33 bits per heavy atom. The van der Waals surface area contributed by atoms with Crippen LogP contribution in [0.15, 0.2) is 18.2 Å². The van der Waals surface area contributed by atoms with Gasteiger partial charge in [-0.05, 0) is 45.4 Å². The Labute approximate surface area is 108 Å². The van der Waals surface area contributed by atoms with Gasteiger partial charge < -0.3 is 15.0 Å². The van der Waals surface area contributed by atoms with Crippen molar-refractivity contribution in [1.82, 2.24) is 9.55 Å². The van der Waals surface area contributed by atoms with Crippen molar-refractivity contribution >= 4 is 17.0 Å². The van der Waals surface area contributed by atoms with Crippen molar-refractivity contribution in [2.45, 2.75) is 39.8 Å². The van der Waals surface area contributed by atoms with Crippen LogP contribution in [-0.4, -0.2) is 26.8 Å². The lowest BCUT2D eigenvalue weighted by Crippen LogP contribution is -2.28. The molecule has 1 aromatic carbocycles. The summed E-state index contributed by atoms with van der Waals surface area (Å²) in [6.07, 6.45) is 0. The van der Waals surface area contributed by atoms with Crippen LogP contribution in [0.25, 0.3) is 11.0 Å². The molecule has 0 fully saturated rings. The molecule has 2 aromatic rings. The summed E-state index contributed by atoms with van der Waals surface area (Å²) in [6, 6.07) is 6.19. The molecule has 4 heteroatoms. The first kappa shape index (κ1) is 12.9. The highest BCUT2D eigenvalue weighted by Gasteiger charge is 2.16. The molecule has 18 heavy (non-hydrogen) atoms. The van der Waals surface area contributed by atoms with Crippen LogP contribution in [0.5, 0.6) is 0 Å². The van der Waals surface area contributed by atoms with Crippen molar-refractivity contribution in [2.75, 3.05) is 11.9 Å². The van der Waals surface area contributed by atoms with E-state index >= 15 is 0 Å². The normalized spacial score (nSPS) is 12.1. The molecule has 0 radical (unpaired) electrons. The minimum atomic E-state index is -0.0520. The SMILES string of the molecule is Cc1ccc2c(c1)nc(NC(C)(C)C)n2CCO. The van der Waals surface area contributed by atoms with Gasteiger partial charge in [-0.25, -0.2) is 4.98 Å². The highest BCUT2D eigenvalue weighted by atomic mass is 16.3. The molecule has 0 spiro atoms. The fourth-order valence-electron chi connectivity index (χ4n) is 2.00. The van der Waals surface area contributed by atoms with E-state index in [-0.39, 0.29) is 12.1 Å². The maximum atomic E-state index is 9.20. The van der Waals surface area contributed by atoms with Gasteiger partial charge in [-0.2, -0.15) is 0 Å². The third kappa shape index (κ3) is 2.64. The van der Waals surface area contributed by atoms with Gasteiger partial charge in [0.2, 0.25) is 5.95 Å². The number of rotatable bonds is 3. The Kier molecular flexibility index (Phi) is 3.30. The highest BCUT2D eigenvalue weighted by molar-refractivity contribution is 5.79.